The van der Waals surface area contributed by atoms with Crippen molar-refractivity contribution in [3.8, 4) is 0 Å². The number of hydrogen-bond acceptors (Lipinski definition) is 0. The van der Waals surface area contributed by atoms with Crippen LogP contribution in [0.5, 0.6) is 0 Å². The van der Waals surface area contributed by atoms with Crippen LogP contribution in [0.4, 0.5) is 0 Å². The molecule has 0 radical (unpaired) electrons. The molecule has 0 N–H and O–H groups in total. The molecular weight excluding hydrogens is 299 g/mol. The van der Waals surface area contributed by atoms with Gasteiger partial charge in [0, 0.05) is 0 Å². The Bertz CT molecular complexity index is 358. The number of hydrogen-bond donors (Lipinski definition) is 0. The van der Waals surface area contributed by atoms with Crippen LogP contribution in [0.3, 0.4) is 0 Å². The molecule has 0 nitrogen and oxygen atoms in total. The van der Waals surface area contributed by atoms with Gasteiger partial charge in [0.15, 0.2) is 0 Å². The number of rotatable bonds is 1. The molecular formula is C15H21Cl2Ti. The summed E-state index contributed by atoms with van der Waals surface area (Å²) in [5, 5.41) is 0. The summed E-state index contributed by atoms with van der Waals surface area (Å²) in [6.07, 6.45) is 13.9. The molecule has 0 amide bonds. The van der Waals surface area contributed by atoms with Crippen molar-refractivity contribution < 1.29 is 20.4 Å². The van der Waals surface area contributed by atoms with Crippen molar-refractivity contribution in [2.45, 2.75) is 38.5 Å². The first-order valence-corrected chi connectivity index (χ1v) is 7.70. The van der Waals surface area contributed by atoms with Gasteiger partial charge in [-0.2, -0.15) is 0 Å². The van der Waals surface area contributed by atoms with E-state index in [4.69, 9.17) is 0 Å². The molecule has 5 rings (SSSR count). The van der Waals surface area contributed by atoms with Crippen LogP contribution in [0.15, 0.2) is 21.6 Å². The molecule has 4 fully saturated rings. The molecule has 18 heavy (non-hydrogen) atoms. The molecule has 0 aromatic heterocycles. The second-order valence-electron chi connectivity index (χ2n) is 6.50. The minimum absolute atomic E-state index is 0. The Morgan fingerprint density at radius 2 is 1.44 bits per heavy atom. The van der Waals surface area contributed by atoms with Crippen LogP contribution in [-0.4, -0.2) is 0 Å². The van der Waals surface area contributed by atoms with Crippen molar-refractivity contribution in [2.75, 3.05) is 0 Å². The van der Waals surface area contributed by atoms with E-state index in [1.165, 1.54) is 6.42 Å². The van der Waals surface area contributed by atoms with E-state index < -0.39 is 0 Å². The Morgan fingerprint density at radius 1 is 0.889 bits per heavy atom. The predicted molar refractivity (Wildman–Crippen MR) is 75.8 cm³/mol. The Hall–Kier alpha value is 0.774. The Morgan fingerprint density at radius 3 is 1.89 bits per heavy atom. The molecule has 0 heterocycles. The van der Waals surface area contributed by atoms with E-state index in [2.05, 4.69) is 32.6 Å². The van der Waals surface area contributed by atoms with Gasteiger partial charge in [-0.05, 0) is 0 Å². The van der Waals surface area contributed by atoms with E-state index in [9.17, 15) is 0 Å². The molecule has 5 aliphatic carbocycles. The van der Waals surface area contributed by atoms with Gasteiger partial charge in [0.05, 0.1) is 0 Å². The van der Waals surface area contributed by atoms with Gasteiger partial charge in [-0.15, -0.1) is 24.8 Å². The fraction of sp³-hybridized carbons (Fsp3) is 0.733. The molecule has 4 bridgehead atoms. The third kappa shape index (κ3) is 2.28. The quantitative estimate of drug-likeness (QED) is 0.616. The third-order valence-electron chi connectivity index (χ3n) is 5.55. The first-order chi connectivity index (χ1) is 7.81. The predicted octanol–water partition coefficient (Wildman–Crippen LogP) is 4.66. The van der Waals surface area contributed by atoms with Gasteiger partial charge in [0.25, 0.3) is 0 Å². The molecule has 0 atom stereocenters. The van der Waals surface area contributed by atoms with Crippen LogP contribution in [0.25, 0.3) is 0 Å². The van der Waals surface area contributed by atoms with Gasteiger partial charge in [0.2, 0.25) is 0 Å². The second kappa shape index (κ2) is 5.64. The van der Waals surface area contributed by atoms with E-state index in [-0.39, 0.29) is 24.8 Å². The maximum atomic E-state index is 2.46. The van der Waals surface area contributed by atoms with Gasteiger partial charge in [-0.25, -0.2) is 0 Å². The van der Waals surface area contributed by atoms with Crippen LogP contribution >= 0.6 is 24.8 Å². The third-order valence-corrected chi connectivity index (χ3v) is 6.32. The normalized spacial score (nSPS) is 43.8. The fourth-order valence-electron chi connectivity index (χ4n) is 5.27. The standard InChI is InChI=1S/C15H19.2ClH.Ti/c1-2-4-12(3-1)15-13-6-10-5-11(8-13)9-14(15)7-10;;;/h1,3,10-11,13-15H,2,5-9H2;2*1H;. The van der Waals surface area contributed by atoms with Crippen LogP contribution in [0, 0.1) is 29.6 Å². The van der Waals surface area contributed by atoms with Crippen molar-refractivity contribution in [3.05, 3.63) is 21.6 Å². The Balaban J connectivity index is 0.000000602. The van der Waals surface area contributed by atoms with Gasteiger partial charge >= 0.3 is 110 Å². The van der Waals surface area contributed by atoms with E-state index in [1.807, 2.05) is 0 Å². The van der Waals surface area contributed by atoms with Crippen molar-refractivity contribution in [2.24, 2.45) is 29.6 Å². The fourth-order valence-corrected chi connectivity index (χ4v) is 5.84. The maximum absolute atomic E-state index is 2.46. The molecule has 0 spiro atoms. The Labute approximate surface area is 134 Å². The van der Waals surface area contributed by atoms with Gasteiger partial charge in [-0.3, -0.25) is 0 Å². The average molecular weight is 320 g/mol. The molecule has 0 saturated heterocycles. The molecule has 3 heteroatoms. The molecule has 0 aromatic carbocycles. The first kappa shape index (κ1) is 15.2. The van der Waals surface area contributed by atoms with Crippen molar-refractivity contribution in [1.82, 2.24) is 0 Å². The topological polar surface area (TPSA) is 0 Å². The van der Waals surface area contributed by atoms with Crippen LogP contribution < -0.4 is 0 Å². The SMILES string of the molecule is Cl.Cl.[Ti][C]1=C(C2C3CC4CC(C3)CC2C4)C=CC1. The van der Waals surface area contributed by atoms with Gasteiger partial charge in [-0.1, -0.05) is 0 Å². The summed E-state index contributed by atoms with van der Waals surface area (Å²) in [6.45, 7) is 0. The zero-order valence-corrected chi connectivity index (χ0v) is 13.8. The number of halogens is 2. The summed E-state index contributed by atoms with van der Waals surface area (Å²) >= 11 is 2.36. The Kier molecular flexibility index (Phi) is 4.75. The van der Waals surface area contributed by atoms with E-state index in [1.54, 1.807) is 41.6 Å². The molecule has 5 aliphatic rings. The number of allylic oxidation sites excluding steroid dienone is 4. The first-order valence-electron chi connectivity index (χ1n) is 6.92. The van der Waals surface area contributed by atoms with E-state index in [0.29, 0.717) is 0 Å². The van der Waals surface area contributed by atoms with Crippen molar-refractivity contribution in [3.63, 3.8) is 0 Å². The van der Waals surface area contributed by atoms with E-state index in [0.717, 1.165) is 29.6 Å². The summed E-state index contributed by atoms with van der Waals surface area (Å²) in [5.74, 6) is 5.31. The van der Waals surface area contributed by atoms with Crippen LogP contribution in [0.2, 0.25) is 0 Å². The van der Waals surface area contributed by atoms with E-state index >= 15 is 0 Å². The van der Waals surface area contributed by atoms with Crippen molar-refractivity contribution >= 4 is 24.8 Å². The van der Waals surface area contributed by atoms with Crippen molar-refractivity contribution in [1.29, 1.82) is 0 Å². The molecule has 99 valence electrons. The zero-order valence-electron chi connectivity index (χ0n) is 10.6. The molecule has 0 aliphatic heterocycles. The zero-order chi connectivity index (χ0) is 10.7. The summed E-state index contributed by atoms with van der Waals surface area (Å²) in [7, 11) is 0. The van der Waals surface area contributed by atoms with Crippen LogP contribution in [0.1, 0.15) is 38.5 Å². The van der Waals surface area contributed by atoms with Gasteiger partial charge in [0.1, 0.15) is 0 Å². The summed E-state index contributed by atoms with van der Waals surface area (Å²) in [6, 6.07) is 0. The summed E-state index contributed by atoms with van der Waals surface area (Å²) in [5.41, 5.74) is 1.76. The van der Waals surface area contributed by atoms with Gasteiger partial charge < -0.3 is 0 Å². The molecule has 0 aromatic rings. The average Bonchev–Trinajstić information content (AvgIpc) is 2.63. The monoisotopic (exact) mass is 319 g/mol. The summed E-state index contributed by atoms with van der Waals surface area (Å²) in [4.78, 5) is 0. The summed E-state index contributed by atoms with van der Waals surface area (Å²) < 4.78 is 1.68. The van der Waals surface area contributed by atoms with Crippen LogP contribution in [-0.2, 0) is 20.4 Å². The minimum atomic E-state index is 0. The second-order valence-corrected chi connectivity index (χ2v) is 7.44. The molecule has 4 saturated carbocycles. The molecule has 0 unspecified atom stereocenters.